The third-order valence-electron chi connectivity index (χ3n) is 0.807. The summed E-state index contributed by atoms with van der Waals surface area (Å²) in [5, 5.41) is 7.63. The first-order chi connectivity index (χ1) is 4.42. The first-order valence-corrected chi connectivity index (χ1v) is 3.67. The second-order valence-electron chi connectivity index (χ2n) is 1.53. The van der Waals surface area contributed by atoms with Crippen LogP contribution in [-0.4, -0.2) is 26.8 Å². The zero-order valence-corrected chi connectivity index (χ0v) is 7.29. The van der Waals surface area contributed by atoms with Gasteiger partial charge in [0.15, 0.2) is 5.78 Å². The number of Topliss-reactive ketones (excluding diaryl/α,β-unsaturated/α-hetero) is 1. The molecule has 0 aliphatic carbocycles. The quantitative estimate of drug-likeness (QED) is 0.258. The Balaban J connectivity index is 4.40. The zero-order chi connectivity index (χ0) is 8.36. The molecule has 58 valence electrons. The molecule has 0 heterocycles. The molecule has 0 saturated carbocycles. The van der Waals surface area contributed by atoms with Gasteiger partial charge in [-0.05, 0) is 11.6 Å². The van der Waals surface area contributed by atoms with Crippen molar-refractivity contribution in [1.29, 1.82) is 0 Å². The highest BCUT2D eigenvalue weighted by Crippen LogP contribution is 2.15. The lowest BCUT2D eigenvalue weighted by Crippen LogP contribution is -2.39. The van der Waals surface area contributed by atoms with E-state index in [-0.39, 0.29) is 5.75 Å². The van der Waals surface area contributed by atoms with E-state index >= 15 is 0 Å². The number of thiol groups is 2. The van der Waals surface area contributed by atoms with Crippen LogP contribution in [0, 0.1) is 0 Å². The van der Waals surface area contributed by atoms with E-state index in [2.05, 4.69) is 25.3 Å². The average molecular weight is 201 g/mol. The van der Waals surface area contributed by atoms with Crippen molar-refractivity contribution in [3.05, 3.63) is 0 Å². The van der Waals surface area contributed by atoms with Crippen LogP contribution in [0.4, 0.5) is 0 Å². The van der Waals surface area contributed by atoms with Crippen LogP contribution in [0.15, 0.2) is 0 Å². The minimum atomic E-state index is -2.39. The van der Waals surface area contributed by atoms with Gasteiger partial charge in [0.25, 0.3) is 5.24 Å². The molecule has 10 heavy (non-hydrogen) atoms. The summed E-state index contributed by atoms with van der Waals surface area (Å²) in [5.74, 6) is -1.11. The molecule has 0 rings (SSSR count). The molecule has 1 N–H and O–H groups in total. The van der Waals surface area contributed by atoms with Gasteiger partial charge >= 0.3 is 0 Å². The topological polar surface area (TPSA) is 54.4 Å². The predicted octanol–water partition coefficient (Wildman–Crippen LogP) is -0.131. The lowest BCUT2D eigenvalue weighted by atomic mass is 10.3. The molecule has 0 bridgehead atoms. The fourth-order valence-corrected chi connectivity index (χ4v) is 0.758. The molecule has 0 fully saturated rings. The van der Waals surface area contributed by atoms with Gasteiger partial charge in [0.1, 0.15) is 0 Å². The second-order valence-corrected chi connectivity index (χ2v) is 2.83. The summed E-state index contributed by atoms with van der Waals surface area (Å²) < 4.78 is 0. The Morgan fingerprint density at radius 3 is 2.10 bits per heavy atom. The molecule has 0 aromatic carbocycles. The van der Waals surface area contributed by atoms with Crippen molar-refractivity contribution in [3.8, 4) is 0 Å². The number of carbonyl (C=O) groups excluding carboxylic acids is 2. The van der Waals surface area contributed by atoms with Crippen LogP contribution in [0.1, 0.15) is 0 Å². The van der Waals surface area contributed by atoms with Crippen LogP contribution in [0.2, 0.25) is 0 Å². The highest BCUT2D eigenvalue weighted by molar-refractivity contribution is 7.84. The summed E-state index contributed by atoms with van der Waals surface area (Å²) in [4.78, 5) is 18.4. The van der Waals surface area contributed by atoms with Gasteiger partial charge in [-0.2, -0.15) is 12.6 Å². The van der Waals surface area contributed by atoms with Gasteiger partial charge in [-0.15, -0.1) is 12.6 Å². The first kappa shape index (κ1) is 10.3. The van der Waals surface area contributed by atoms with E-state index < -0.39 is 16.0 Å². The molecule has 1 unspecified atom stereocenters. The standard InChI is InChI=1S/C4H5ClO3S2/c5-3(7)4(8,10)2(6)1-9/h8-10H,1H2. The van der Waals surface area contributed by atoms with Crippen LogP contribution in [0.25, 0.3) is 0 Å². The van der Waals surface area contributed by atoms with Gasteiger partial charge in [-0.1, -0.05) is 0 Å². The van der Waals surface area contributed by atoms with E-state index in [1.807, 2.05) is 0 Å². The Hall–Kier alpha value is 0.290. The number of halogens is 1. The van der Waals surface area contributed by atoms with E-state index in [1.54, 1.807) is 0 Å². The fourth-order valence-electron chi connectivity index (χ4n) is 0.220. The number of rotatable bonds is 3. The summed E-state index contributed by atoms with van der Waals surface area (Å²) in [6.45, 7) is 0. The number of hydrogen-bond donors (Lipinski definition) is 3. The summed E-state index contributed by atoms with van der Waals surface area (Å²) in [6.07, 6.45) is 0. The minimum absolute atomic E-state index is 0.279. The van der Waals surface area contributed by atoms with Crippen LogP contribution in [-0.2, 0) is 9.59 Å². The summed E-state index contributed by atoms with van der Waals surface area (Å²) >= 11 is 11.7. The van der Waals surface area contributed by atoms with Crippen molar-refractivity contribution >= 4 is 47.9 Å². The number of hydrogen-bond acceptors (Lipinski definition) is 5. The molecule has 0 aromatic heterocycles. The molecule has 0 aliphatic rings. The first-order valence-electron chi connectivity index (χ1n) is 2.21. The van der Waals surface area contributed by atoms with Crippen molar-refractivity contribution in [3.63, 3.8) is 0 Å². The molecule has 0 aliphatic heterocycles. The highest BCUT2D eigenvalue weighted by Gasteiger charge is 2.37. The maximum atomic E-state index is 10.6. The van der Waals surface area contributed by atoms with Crippen molar-refractivity contribution in [2.24, 2.45) is 0 Å². The molecule has 0 radical (unpaired) electrons. The minimum Gasteiger partial charge on any atom is -0.366 e. The number of carbonyl (C=O) groups is 2. The van der Waals surface area contributed by atoms with Crippen molar-refractivity contribution in [2.45, 2.75) is 4.93 Å². The van der Waals surface area contributed by atoms with Gasteiger partial charge < -0.3 is 5.11 Å². The number of aliphatic hydroxyl groups is 1. The fraction of sp³-hybridized carbons (Fsp3) is 0.500. The Labute approximate surface area is 73.6 Å². The SMILES string of the molecule is O=C(Cl)C(O)(S)C(=O)CS. The zero-order valence-electron chi connectivity index (χ0n) is 4.74. The number of ketones is 1. The summed E-state index contributed by atoms with van der Waals surface area (Å²) in [5.41, 5.74) is 0. The van der Waals surface area contributed by atoms with Crippen molar-refractivity contribution < 1.29 is 14.7 Å². The van der Waals surface area contributed by atoms with Crippen LogP contribution in [0.3, 0.4) is 0 Å². The molecule has 6 heteroatoms. The van der Waals surface area contributed by atoms with Crippen molar-refractivity contribution in [2.75, 3.05) is 5.75 Å². The Morgan fingerprint density at radius 1 is 1.60 bits per heavy atom. The van der Waals surface area contributed by atoms with Crippen LogP contribution in [0.5, 0.6) is 0 Å². The Morgan fingerprint density at radius 2 is 2.00 bits per heavy atom. The lowest BCUT2D eigenvalue weighted by molar-refractivity contribution is -0.135. The van der Waals surface area contributed by atoms with E-state index in [0.29, 0.717) is 0 Å². The third kappa shape index (κ3) is 2.16. The lowest BCUT2D eigenvalue weighted by Gasteiger charge is -2.12. The van der Waals surface area contributed by atoms with Crippen LogP contribution >= 0.6 is 36.9 Å². The predicted molar refractivity (Wildman–Crippen MR) is 43.7 cm³/mol. The largest absolute Gasteiger partial charge is 0.366 e. The monoisotopic (exact) mass is 200 g/mol. The van der Waals surface area contributed by atoms with E-state index in [1.165, 1.54) is 0 Å². The molecular formula is C4H5ClO3S2. The Kier molecular flexibility index (Phi) is 3.72. The van der Waals surface area contributed by atoms with E-state index in [9.17, 15) is 9.59 Å². The van der Waals surface area contributed by atoms with E-state index in [4.69, 9.17) is 16.7 Å². The van der Waals surface area contributed by atoms with Crippen LogP contribution < -0.4 is 0 Å². The molecule has 3 nitrogen and oxygen atoms in total. The van der Waals surface area contributed by atoms with E-state index in [0.717, 1.165) is 0 Å². The second kappa shape index (κ2) is 3.61. The molecular weight excluding hydrogens is 196 g/mol. The van der Waals surface area contributed by atoms with Gasteiger partial charge in [0, 0.05) is 0 Å². The third-order valence-corrected chi connectivity index (χ3v) is 1.95. The summed E-state index contributed by atoms with van der Waals surface area (Å²) in [6, 6.07) is 0. The molecule has 0 spiro atoms. The van der Waals surface area contributed by atoms with Gasteiger partial charge in [0.05, 0.1) is 5.75 Å². The molecule has 0 saturated heterocycles. The average Bonchev–Trinajstić information content (AvgIpc) is 1.86. The Bertz CT molecular complexity index is 168. The van der Waals surface area contributed by atoms with Gasteiger partial charge in [-0.25, -0.2) is 0 Å². The molecule has 0 aromatic rings. The smallest absolute Gasteiger partial charge is 0.271 e. The maximum Gasteiger partial charge on any atom is 0.271 e. The molecule has 1 atom stereocenters. The van der Waals surface area contributed by atoms with Crippen molar-refractivity contribution in [1.82, 2.24) is 0 Å². The van der Waals surface area contributed by atoms with Gasteiger partial charge in [0.2, 0.25) is 4.93 Å². The maximum absolute atomic E-state index is 10.6. The molecule has 0 amide bonds. The summed E-state index contributed by atoms with van der Waals surface area (Å²) in [7, 11) is 0. The van der Waals surface area contributed by atoms with Gasteiger partial charge in [-0.3, -0.25) is 9.59 Å². The highest BCUT2D eigenvalue weighted by atomic mass is 35.5. The normalized spacial score (nSPS) is 16.0.